The van der Waals surface area contributed by atoms with Gasteiger partial charge in [0.05, 0.1) is 24.1 Å². The minimum Gasteiger partial charge on any atom is -0.392 e. The van der Waals surface area contributed by atoms with Gasteiger partial charge < -0.3 is 5.11 Å². The molecule has 1 aliphatic carbocycles. The van der Waals surface area contributed by atoms with Crippen LogP contribution in [0.25, 0.3) is 11.1 Å². The standard InChI is InChI=1S/C18H23N3O3S/c22-13-14-1-3-15(4-2-14)16-11-19-21(12-16)17-7-9-20(10-8-17)25(23,24)18-5-6-18/h1-4,11-12,17-18,22H,5-10,13H2. The van der Waals surface area contributed by atoms with E-state index in [1.165, 1.54) is 0 Å². The second-order valence-corrected chi connectivity index (χ2v) is 9.15. The van der Waals surface area contributed by atoms with Crippen LogP contribution in [0.15, 0.2) is 36.7 Å². The molecule has 2 aromatic rings. The van der Waals surface area contributed by atoms with Crippen LogP contribution in [-0.2, 0) is 16.6 Å². The molecular formula is C18H23N3O3S. The van der Waals surface area contributed by atoms with Gasteiger partial charge in [0.1, 0.15) is 0 Å². The third-order valence-electron chi connectivity index (χ3n) is 5.17. The summed E-state index contributed by atoms with van der Waals surface area (Å²) in [5, 5.41) is 13.5. The Hall–Kier alpha value is -1.70. The fourth-order valence-electron chi connectivity index (χ4n) is 3.43. The van der Waals surface area contributed by atoms with E-state index >= 15 is 0 Å². The van der Waals surface area contributed by atoms with Gasteiger partial charge >= 0.3 is 0 Å². The van der Waals surface area contributed by atoms with Gasteiger partial charge in [0.25, 0.3) is 0 Å². The second-order valence-electron chi connectivity index (χ2n) is 6.94. The normalized spacial score (nSPS) is 20.0. The van der Waals surface area contributed by atoms with Crippen LogP contribution in [0.2, 0.25) is 0 Å². The lowest BCUT2D eigenvalue weighted by atomic mass is 10.1. The van der Waals surface area contributed by atoms with Gasteiger partial charge in [-0.15, -0.1) is 0 Å². The number of benzene rings is 1. The van der Waals surface area contributed by atoms with Crippen molar-refractivity contribution in [1.29, 1.82) is 0 Å². The van der Waals surface area contributed by atoms with Crippen molar-refractivity contribution in [2.75, 3.05) is 13.1 Å². The number of hydrogen-bond donors (Lipinski definition) is 1. The summed E-state index contributed by atoms with van der Waals surface area (Å²) < 4.78 is 28.3. The molecule has 2 aliphatic rings. The summed E-state index contributed by atoms with van der Waals surface area (Å²) in [5.74, 6) is 0. The summed E-state index contributed by atoms with van der Waals surface area (Å²) in [6.45, 7) is 1.22. The van der Waals surface area contributed by atoms with Gasteiger partial charge in [-0.1, -0.05) is 24.3 Å². The highest BCUT2D eigenvalue weighted by atomic mass is 32.2. The number of piperidine rings is 1. The Morgan fingerprint density at radius 1 is 1.04 bits per heavy atom. The first-order chi connectivity index (χ1) is 12.1. The fourth-order valence-corrected chi connectivity index (χ4v) is 5.30. The third-order valence-corrected chi connectivity index (χ3v) is 7.57. The van der Waals surface area contributed by atoms with E-state index in [1.54, 1.807) is 4.31 Å². The lowest BCUT2D eigenvalue weighted by Gasteiger charge is -2.31. The number of rotatable bonds is 5. The van der Waals surface area contributed by atoms with E-state index in [-0.39, 0.29) is 17.9 Å². The average molecular weight is 361 g/mol. The Morgan fingerprint density at radius 2 is 1.72 bits per heavy atom. The predicted molar refractivity (Wildman–Crippen MR) is 95.4 cm³/mol. The van der Waals surface area contributed by atoms with E-state index in [4.69, 9.17) is 5.11 Å². The first-order valence-corrected chi connectivity index (χ1v) is 10.3. The van der Waals surface area contributed by atoms with E-state index in [1.807, 2.05) is 41.3 Å². The van der Waals surface area contributed by atoms with Crippen LogP contribution >= 0.6 is 0 Å². The predicted octanol–water partition coefficient (Wildman–Crippen LogP) is 2.17. The van der Waals surface area contributed by atoms with Crippen LogP contribution in [0.3, 0.4) is 0 Å². The first kappa shape index (κ1) is 16.8. The minimum absolute atomic E-state index is 0.0435. The van der Waals surface area contributed by atoms with Gasteiger partial charge in [0.15, 0.2) is 0 Å². The number of hydrogen-bond acceptors (Lipinski definition) is 4. The molecule has 0 amide bonds. The Labute approximate surface area is 148 Å². The van der Waals surface area contributed by atoms with Crippen molar-refractivity contribution in [3.8, 4) is 11.1 Å². The molecule has 0 spiro atoms. The van der Waals surface area contributed by atoms with Crippen molar-refractivity contribution in [3.63, 3.8) is 0 Å². The van der Waals surface area contributed by atoms with Crippen molar-refractivity contribution in [3.05, 3.63) is 42.2 Å². The highest BCUT2D eigenvalue weighted by molar-refractivity contribution is 7.90. The molecule has 134 valence electrons. The Kier molecular flexibility index (Phi) is 4.39. The molecule has 25 heavy (non-hydrogen) atoms. The zero-order valence-corrected chi connectivity index (χ0v) is 14.9. The number of aliphatic hydroxyl groups is 1. The van der Waals surface area contributed by atoms with Crippen molar-refractivity contribution < 1.29 is 13.5 Å². The number of sulfonamides is 1. The van der Waals surface area contributed by atoms with Gasteiger partial charge in [-0.3, -0.25) is 4.68 Å². The molecule has 4 rings (SSSR count). The summed E-state index contributed by atoms with van der Waals surface area (Å²) in [5.41, 5.74) is 3.00. The topological polar surface area (TPSA) is 75.4 Å². The van der Waals surface area contributed by atoms with Crippen LogP contribution in [-0.4, -0.2) is 45.9 Å². The SMILES string of the molecule is O=S(=O)(C1CC1)N1CCC(n2cc(-c3ccc(CO)cc3)cn2)CC1. The molecule has 2 heterocycles. The van der Waals surface area contributed by atoms with Crippen LogP contribution in [0.1, 0.15) is 37.3 Å². The molecule has 1 N–H and O–H groups in total. The second kappa shape index (κ2) is 6.55. The summed E-state index contributed by atoms with van der Waals surface area (Å²) in [4.78, 5) is 0. The maximum absolute atomic E-state index is 12.3. The summed E-state index contributed by atoms with van der Waals surface area (Å²) in [7, 11) is -3.06. The van der Waals surface area contributed by atoms with Crippen molar-refractivity contribution in [1.82, 2.24) is 14.1 Å². The maximum atomic E-state index is 12.3. The van der Waals surface area contributed by atoms with Crippen LogP contribution in [0.5, 0.6) is 0 Å². The molecule has 0 atom stereocenters. The molecular weight excluding hydrogens is 338 g/mol. The molecule has 1 saturated carbocycles. The van der Waals surface area contributed by atoms with Crippen molar-refractivity contribution in [2.24, 2.45) is 0 Å². The zero-order valence-electron chi connectivity index (χ0n) is 14.1. The fraction of sp³-hybridized carbons (Fsp3) is 0.500. The summed E-state index contributed by atoms with van der Waals surface area (Å²) in [6.07, 6.45) is 7.12. The van der Waals surface area contributed by atoms with E-state index in [0.29, 0.717) is 13.1 Å². The molecule has 0 bridgehead atoms. The van der Waals surface area contributed by atoms with Gasteiger partial charge in [0, 0.05) is 24.8 Å². The number of nitrogens with zero attached hydrogens (tertiary/aromatic N) is 3. The van der Waals surface area contributed by atoms with E-state index < -0.39 is 10.0 Å². The summed E-state index contributed by atoms with van der Waals surface area (Å²) in [6, 6.07) is 8.04. The van der Waals surface area contributed by atoms with Crippen LogP contribution in [0.4, 0.5) is 0 Å². The van der Waals surface area contributed by atoms with Crippen molar-refractivity contribution >= 4 is 10.0 Å². The zero-order chi connectivity index (χ0) is 17.4. The Balaban J connectivity index is 1.42. The summed E-state index contributed by atoms with van der Waals surface area (Å²) >= 11 is 0. The number of aliphatic hydroxyl groups excluding tert-OH is 1. The molecule has 7 heteroatoms. The van der Waals surface area contributed by atoms with E-state index in [2.05, 4.69) is 5.10 Å². The molecule has 1 aromatic carbocycles. The lowest BCUT2D eigenvalue weighted by Crippen LogP contribution is -2.40. The van der Waals surface area contributed by atoms with Gasteiger partial charge in [-0.05, 0) is 36.8 Å². The van der Waals surface area contributed by atoms with Gasteiger partial charge in [-0.25, -0.2) is 12.7 Å². The molecule has 1 saturated heterocycles. The van der Waals surface area contributed by atoms with Crippen molar-refractivity contribution in [2.45, 2.75) is 43.6 Å². The molecule has 0 radical (unpaired) electrons. The minimum atomic E-state index is -3.06. The molecule has 1 aliphatic heterocycles. The Bertz CT molecular complexity index is 833. The molecule has 0 unspecified atom stereocenters. The molecule has 2 fully saturated rings. The quantitative estimate of drug-likeness (QED) is 0.886. The number of aromatic nitrogens is 2. The highest BCUT2D eigenvalue weighted by Gasteiger charge is 2.41. The van der Waals surface area contributed by atoms with Gasteiger partial charge in [0.2, 0.25) is 10.0 Å². The molecule has 6 nitrogen and oxygen atoms in total. The van der Waals surface area contributed by atoms with Crippen LogP contribution < -0.4 is 0 Å². The maximum Gasteiger partial charge on any atom is 0.216 e. The van der Waals surface area contributed by atoms with E-state index in [0.717, 1.165) is 42.4 Å². The van der Waals surface area contributed by atoms with Crippen LogP contribution in [0, 0.1) is 0 Å². The lowest BCUT2D eigenvalue weighted by molar-refractivity contribution is 0.261. The first-order valence-electron chi connectivity index (χ1n) is 8.81. The monoisotopic (exact) mass is 361 g/mol. The highest BCUT2D eigenvalue weighted by Crippen LogP contribution is 2.34. The van der Waals surface area contributed by atoms with E-state index in [9.17, 15) is 8.42 Å². The van der Waals surface area contributed by atoms with Gasteiger partial charge in [-0.2, -0.15) is 5.10 Å². The smallest absolute Gasteiger partial charge is 0.216 e. The molecule has 1 aromatic heterocycles. The largest absolute Gasteiger partial charge is 0.392 e. The third kappa shape index (κ3) is 3.36. The average Bonchev–Trinajstić information content (AvgIpc) is 3.40. The Morgan fingerprint density at radius 3 is 2.32 bits per heavy atom.